The molecule has 118 valence electrons. The fourth-order valence-corrected chi connectivity index (χ4v) is 2.48. The van der Waals surface area contributed by atoms with Crippen molar-refractivity contribution in [3.05, 3.63) is 0 Å². The highest BCUT2D eigenvalue weighted by Crippen LogP contribution is 2.29. The Morgan fingerprint density at radius 1 is 1.43 bits per heavy atom. The lowest BCUT2D eigenvalue weighted by Gasteiger charge is -2.39. The molecule has 0 spiro atoms. The molecule has 1 aliphatic heterocycles. The van der Waals surface area contributed by atoms with E-state index in [4.69, 9.17) is 4.74 Å². The topological polar surface area (TPSA) is 82.4 Å². The molecule has 0 aromatic heterocycles. The predicted octanol–water partition coefficient (Wildman–Crippen LogP) is 1.07. The summed E-state index contributed by atoms with van der Waals surface area (Å²) in [5.41, 5.74) is -1.05. The first-order valence-electron chi connectivity index (χ1n) is 7.52. The van der Waals surface area contributed by atoms with Gasteiger partial charge in [0.25, 0.3) is 0 Å². The molecule has 0 aromatic rings. The van der Waals surface area contributed by atoms with E-state index < -0.39 is 11.5 Å². The third kappa shape index (κ3) is 3.73. The molecule has 6 nitrogen and oxygen atoms in total. The van der Waals surface area contributed by atoms with Crippen LogP contribution in [0, 0.1) is 16.7 Å². The maximum absolute atomic E-state index is 12.8. The number of nitrogens with one attached hydrogen (secondary N) is 1. The molecule has 1 N–H and O–H groups in total. The highest BCUT2D eigenvalue weighted by atomic mass is 16.5. The second-order valence-corrected chi connectivity index (χ2v) is 5.65. The van der Waals surface area contributed by atoms with Gasteiger partial charge in [0, 0.05) is 12.6 Å². The molecule has 1 fully saturated rings. The average Bonchev–Trinajstić information content (AvgIpc) is 2.48. The number of carbonyl (C=O) groups is 2. The van der Waals surface area contributed by atoms with E-state index in [0.29, 0.717) is 26.0 Å². The highest BCUT2D eigenvalue weighted by molar-refractivity contribution is 5.91. The van der Waals surface area contributed by atoms with Crippen LogP contribution < -0.4 is 5.32 Å². The minimum absolute atomic E-state index is 0.00514. The molecule has 1 heterocycles. The van der Waals surface area contributed by atoms with Crippen LogP contribution in [0.4, 0.5) is 0 Å². The van der Waals surface area contributed by atoms with E-state index in [2.05, 4.69) is 11.4 Å². The molecule has 1 rings (SSSR count). The van der Waals surface area contributed by atoms with Crippen molar-refractivity contribution in [2.24, 2.45) is 5.41 Å². The second kappa shape index (κ2) is 7.41. The Balaban J connectivity index is 2.98. The van der Waals surface area contributed by atoms with E-state index in [-0.39, 0.29) is 24.5 Å². The second-order valence-electron chi connectivity index (χ2n) is 5.65. The van der Waals surface area contributed by atoms with E-state index in [1.807, 2.05) is 27.7 Å². The number of hydrogen-bond acceptors (Lipinski definition) is 4. The highest BCUT2D eigenvalue weighted by Gasteiger charge is 2.43. The summed E-state index contributed by atoms with van der Waals surface area (Å²) in [6.07, 6.45) is 0.878. The van der Waals surface area contributed by atoms with Gasteiger partial charge in [-0.05, 0) is 26.7 Å². The summed E-state index contributed by atoms with van der Waals surface area (Å²) in [6.45, 7) is 8.31. The van der Waals surface area contributed by atoms with Crippen molar-refractivity contribution in [2.75, 3.05) is 19.8 Å². The van der Waals surface area contributed by atoms with Crippen molar-refractivity contribution in [3.8, 4) is 6.07 Å². The lowest BCUT2D eigenvalue weighted by molar-refractivity contribution is -0.154. The van der Waals surface area contributed by atoms with Crippen LogP contribution in [-0.2, 0) is 14.3 Å². The fourth-order valence-electron chi connectivity index (χ4n) is 2.48. The minimum atomic E-state index is -1.05. The zero-order valence-corrected chi connectivity index (χ0v) is 13.3. The number of ether oxygens (including phenoxy) is 1. The zero-order valence-electron chi connectivity index (χ0n) is 13.3. The molecule has 1 atom stereocenters. The number of amides is 2. The molecule has 0 radical (unpaired) electrons. The largest absolute Gasteiger partial charge is 0.377 e. The van der Waals surface area contributed by atoms with E-state index in [9.17, 15) is 14.9 Å². The average molecular weight is 295 g/mol. The third-order valence-electron chi connectivity index (χ3n) is 3.95. The lowest BCUT2D eigenvalue weighted by Crippen LogP contribution is -2.59. The Hall–Kier alpha value is -1.61. The van der Waals surface area contributed by atoms with Crippen molar-refractivity contribution in [1.29, 1.82) is 5.26 Å². The number of nitriles is 1. The molecule has 0 bridgehead atoms. The van der Waals surface area contributed by atoms with Gasteiger partial charge in [0.05, 0.1) is 19.3 Å². The van der Waals surface area contributed by atoms with Crippen LogP contribution in [0.25, 0.3) is 0 Å². The molecule has 1 aliphatic rings. The van der Waals surface area contributed by atoms with Gasteiger partial charge in [0.2, 0.25) is 11.8 Å². The Morgan fingerprint density at radius 2 is 2.05 bits per heavy atom. The SMILES string of the molecule is CCC(C#N)(CC)C(=O)N1CCOCC1C(=O)NC(C)C. The first-order chi connectivity index (χ1) is 9.91. The number of rotatable bonds is 5. The van der Waals surface area contributed by atoms with Gasteiger partial charge < -0.3 is 15.0 Å². The first kappa shape index (κ1) is 17.4. The predicted molar refractivity (Wildman–Crippen MR) is 78.2 cm³/mol. The van der Waals surface area contributed by atoms with Crippen LogP contribution >= 0.6 is 0 Å². The van der Waals surface area contributed by atoms with Crippen LogP contribution in [0.1, 0.15) is 40.5 Å². The van der Waals surface area contributed by atoms with E-state index in [1.54, 1.807) is 0 Å². The van der Waals surface area contributed by atoms with Crippen LogP contribution in [0.5, 0.6) is 0 Å². The molecule has 0 aromatic carbocycles. The van der Waals surface area contributed by atoms with Crippen molar-refractivity contribution < 1.29 is 14.3 Å². The number of nitrogens with zero attached hydrogens (tertiary/aromatic N) is 2. The molecular weight excluding hydrogens is 270 g/mol. The summed E-state index contributed by atoms with van der Waals surface area (Å²) in [5.74, 6) is -0.487. The summed E-state index contributed by atoms with van der Waals surface area (Å²) in [5, 5.41) is 12.2. The molecule has 1 unspecified atom stereocenters. The molecule has 21 heavy (non-hydrogen) atoms. The van der Waals surface area contributed by atoms with Gasteiger partial charge in [-0.15, -0.1) is 0 Å². The van der Waals surface area contributed by atoms with Gasteiger partial charge in [-0.25, -0.2) is 0 Å². The summed E-state index contributed by atoms with van der Waals surface area (Å²) in [7, 11) is 0. The van der Waals surface area contributed by atoms with Crippen molar-refractivity contribution in [1.82, 2.24) is 10.2 Å². The van der Waals surface area contributed by atoms with Crippen LogP contribution in [0.15, 0.2) is 0 Å². The fraction of sp³-hybridized carbons (Fsp3) is 0.800. The van der Waals surface area contributed by atoms with E-state index in [1.165, 1.54) is 4.90 Å². The summed E-state index contributed by atoms with van der Waals surface area (Å²) in [4.78, 5) is 26.5. The lowest BCUT2D eigenvalue weighted by atomic mass is 9.82. The van der Waals surface area contributed by atoms with Gasteiger partial charge in [-0.2, -0.15) is 5.26 Å². The molecular formula is C15H25N3O3. The van der Waals surface area contributed by atoms with Gasteiger partial charge in [0.15, 0.2) is 0 Å². The number of carbonyl (C=O) groups excluding carboxylic acids is 2. The third-order valence-corrected chi connectivity index (χ3v) is 3.95. The summed E-state index contributed by atoms with van der Waals surface area (Å²) < 4.78 is 5.34. The number of hydrogen-bond donors (Lipinski definition) is 1. The molecule has 6 heteroatoms. The summed E-state index contributed by atoms with van der Waals surface area (Å²) >= 11 is 0. The van der Waals surface area contributed by atoms with E-state index >= 15 is 0 Å². The van der Waals surface area contributed by atoms with E-state index in [0.717, 1.165) is 0 Å². The van der Waals surface area contributed by atoms with Gasteiger partial charge in [-0.3, -0.25) is 9.59 Å². The molecule has 1 saturated heterocycles. The quantitative estimate of drug-likeness (QED) is 0.822. The monoisotopic (exact) mass is 295 g/mol. The maximum atomic E-state index is 12.8. The van der Waals surface area contributed by atoms with Crippen LogP contribution in [0.2, 0.25) is 0 Å². The van der Waals surface area contributed by atoms with Crippen molar-refractivity contribution in [3.63, 3.8) is 0 Å². The van der Waals surface area contributed by atoms with Crippen LogP contribution in [-0.4, -0.2) is 48.6 Å². The molecule has 0 aliphatic carbocycles. The Bertz CT molecular complexity index is 424. The smallest absolute Gasteiger partial charge is 0.245 e. The van der Waals surface area contributed by atoms with Crippen molar-refractivity contribution in [2.45, 2.75) is 52.6 Å². The summed E-state index contributed by atoms with van der Waals surface area (Å²) in [6, 6.07) is 1.49. The maximum Gasteiger partial charge on any atom is 0.245 e. The Labute approximate surface area is 126 Å². The Kier molecular flexibility index (Phi) is 6.16. The standard InChI is InChI=1S/C15H25N3O3/c1-5-15(6-2,10-16)14(20)18-7-8-21-9-12(18)13(19)17-11(3)4/h11-12H,5-9H2,1-4H3,(H,17,19). The zero-order chi connectivity index (χ0) is 16.0. The van der Waals surface area contributed by atoms with Crippen molar-refractivity contribution >= 4 is 11.8 Å². The van der Waals surface area contributed by atoms with Crippen LogP contribution in [0.3, 0.4) is 0 Å². The minimum Gasteiger partial charge on any atom is -0.377 e. The van der Waals surface area contributed by atoms with Gasteiger partial charge >= 0.3 is 0 Å². The first-order valence-corrected chi connectivity index (χ1v) is 7.52. The Morgan fingerprint density at radius 3 is 2.52 bits per heavy atom. The van der Waals surface area contributed by atoms with Gasteiger partial charge in [-0.1, -0.05) is 13.8 Å². The van der Waals surface area contributed by atoms with Gasteiger partial charge in [0.1, 0.15) is 11.5 Å². The molecule has 2 amide bonds. The number of morpholine rings is 1. The molecule has 0 saturated carbocycles. The normalized spacial score (nSPS) is 19.2.